The molecule has 5 rings (SSSR count). The summed E-state index contributed by atoms with van der Waals surface area (Å²) in [6.07, 6.45) is 0.724. The molecule has 2 unspecified atom stereocenters. The maximum Gasteiger partial charge on any atom is 0.308 e. The monoisotopic (exact) mass is 626 g/mol. The summed E-state index contributed by atoms with van der Waals surface area (Å²) in [5.41, 5.74) is 5.47. The fraction of sp³-hybridized carbons (Fsp3) is 0.368. The summed E-state index contributed by atoms with van der Waals surface area (Å²) >= 11 is 0. The van der Waals surface area contributed by atoms with Gasteiger partial charge in [0.1, 0.15) is 5.82 Å². The minimum Gasteiger partial charge on any atom is -0.466 e. The Morgan fingerprint density at radius 3 is 2.20 bits per heavy atom. The minimum absolute atomic E-state index is 0.0307. The maximum atomic E-state index is 14.3. The van der Waals surface area contributed by atoms with Crippen LogP contribution in [0.15, 0.2) is 84.9 Å². The van der Waals surface area contributed by atoms with Crippen LogP contribution in [0.25, 0.3) is 22.4 Å². The average molecular weight is 627 g/mol. The number of hydrogen-bond donors (Lipinski definition) is 1. The van der Waals surface area contributed by atoms with Gasteiger partial charge in [-0.05, 0) is 80.6 Å². The van der Waals surface area contributed by atoms with Crippen molar-refractivity contribution in [2.75, 3.05) is 11.9 Å². The van der Waals surface area contributed by atoms with Crippen molar-refractivity contribution < 1.29 is 28.2 Å². The van der Waals surface area contributed by atoms with Gasteiger partial charge in [0.15, 0.2) is 5.79 Å². The van der Waals surface area contributed by atoms with Gasteiger partial charge in [-0.15, -0.1) is 0 Å². The summed E-state index contributed by atoms with van der Waals surface area (Å²) in [6, 6.07) is 25.7. The van der Waals surface area contributed by atoms with Gasteiger partial charge in [0.05, 0.1) is 36.5 Å². The van der Waals surface area contributed by atoms with Crippen LogP contribution in [0.1, 0.15) is 75.9 Å². The zero-order valence-electron chi connectivity index (χ0n) is 27.2. The highest BCUT2D eigenvalue weighted by Crippen LogP contribution is 2.43. The third-order valence-corrected chi connectivity index (χ3v) is 8.09. The molecule has 8 heteroatoms. The third-order valence-electron chi connectivity index (χ3n) is 8.09. The quantitative estimate of drug-likeness (QED) is 0.169. The fourth-order valence-electron chi connectivity index (χ4n) is 6.41. The van der Waals surface area contributed by atoms with E-state index < -0.39 is 5.79 Å². The predicted molar refractivity (Wildman–Crippen MR) is 178 cm³/mol. The number of carbonyl (C=O) groups excluding carboxylic acids is 2. The highest BCUT2D eigenvalue weighted by Gasteiger charge is 2.37. The Morgan fingerprint density at radius 2 is 1.57 bits per heavy atom. The lowest BCUT2D eigenvalue weighted by atomic mass is 9.94. The van der Waals surface area contributed by atoms with Crippen molar-refractivity contribution in [3.05, 3.63) is 102 Å². The molecular formula is C38H43FN2O5. The molecule has 1 fully saturated rings. The number of anilines is 1. The summed E-state index contributed by atoms with van der Waals surface area (Å²) in [4.78, 5) is 26.6. The molecule has 1 aliphatic rings. The SMILES string of the molecule is CCOC(=O)CC1CC(CCn2c(-c3ccc(F)cc3)c(-c3ccccc3)c(C(=O)Nc3ccccc3)c2C(C)C)OC(C)(C)O1. The van der Waals surface area contributed by atoms with Crippen LogP contribution >= 0.6 is 0 Å². The molecule has 4 aromatic rings. The molecule has 3 aromatic carbocycles. The normalized spacial score (nSPS) is 17.5. The van der Waals surface area contributed by atoms with E-state index in [9.17, 15) is 14.0 Å². The Balaban J connectivity index is 1.62. The van der Waals surface area contributed by atoms with Crippen LogP contribution in [-0.4, -0.2) is 41.0 Å². The molecule has 0 radical (unpaired) electrons. The first-order chi connectivity index (χ1) is 22.1. The minimum atomic E-state index is -0.882. The first-order valence-corrected chi connectivity index (χ1v) is 16.0. The van der Waals surface area contributed by atoms with Crippen molar-refractivity contribution in [3.63, 3.8) is 0 Å². The molecule has 7 nitrogen and oxygen atoms in total. The van der Waals surface area contributed by atoms with Crippen LogP contribution < -0.4 is 5.32 Å². The number of para-hydroxylation sites is 1. The average Bonchev–Trinajstić information content (AvgIpc) is 3.36. The molecule has 0 bridgehead atoms. The van der Waals surface area contributed by atoms with E-state index in [0.29, 0.717) is 37.2 Å². The van der Waals surface area contributed by atoms with Crippen molar-refractivity contribution in [3.8, 4) is 22.4 Å². The highest BCUT2D eigenvalue weighted by atomic mass is 19.1. The van der Waals surface area contributed by atoms with Crippen LogP contribution in [0, 0.1) is 5.82 Å². The summed E-state index contributed by atoms with van der Waals surface area (Å²) in [6.45, 7) is 10.5. The molecule has 0 spiro atoms. The van der Waals surface area contributed by atoms with E-state index in [-0.39, 0.29) is 42.2 Å². The summed E-state index contributed by atoms with van der Waals surface area (Å²) in [5.74, 6) is -1.75. The molecule has 1 amide bonds. The van der Waals surface area contributed by atoms with E-state index in [1.165, 1.54) is 12.1 Å². The number of aromatic nitrogens is 1. The second-order valence-electron chi connectivity index (χ2n) is 12.4. The molecule has 2 heterocycles. The lowest BCUT2D eigenvalue weighted by Crippen LogP contribution is -2.45. The molecular weight excluding hydrogens is 583 g/mol. The maximum absolute atomic E-state index is 14.3. The number of esters is 1. The molecule has 1 N–H and O–H groups in total. The second kappa shape index (κ2) is 14.4. The van der Waals surface area contributed by atoms with E-state index in [0.717, 1.165) is 28.1 Å². The lowest BCUT2D eigenvalue weighted by molar-refractivity contribution is -0.300. The fourth-order valence-corrected chi connectivity index (χ4v) is 6.41. The largest absolute Gasteiger partial charge is 0.466 e. The standard InChI is InChI=1S/C38H43FN2O5/c1-6-44-32(42)24-31-23-30(45-38(4,5)46-31)21-22-41-35(25(2)3)34(37(43)40-29-15-11-8-12-16-29)33(26-13-9-7-10-14-26)36(41)27-17-19-28(39)20-18-27/h7-20,25,30-31H,6,21-24H2,1-5H3,(H,40,43). The zero-order chi connectivity index (χ0) is 32.8. The van der Waals surface area contributed by atoms with Gasteiger partial charge in [-0.1, -0.05) is 62.4 Å². The van der Waals surface area contributed by atoms with E-state index >= 15 is 0 Å². The number of ether oxygens (including phenoxy) is 3. The number of benzene rings is 3. The first-order valence-electron chi connectivity index (χ1n) is 16.0. The molecule has 1 aromatic heterocycles. The number of carbonyl (C=O) groups is 2. The van der Waals surface area contributed by atoms with Crippen LogP contribution in [0.4, 0.5) is 10.1 Å². The molecule has 0 aliphatic carbocycles. The van der Waals surface area contributed by atoms with Crippen molar-refractivity contribution in [2.45, 2.75) is 84.3 Å². The van der Waals surface area contributed by atoms with E-state index in [4.69, 9.17) is 14.2 Å². The Hall–Kier alpha value is -4.27. The van der Waals surface area contributed by atoms with Gasteiger partial charge in [0.25, 0.3) is 5.91 Å². The van der Waals surface area contributed by atoms with Crippen LogP contribution in [-0.2, 0) is 25.5 Å². The van der Waals surface area contributed by atoms with Gasteiger partial charge in [-0.2, -0.15) is 0 Å². The van der Waals surface area contributed by atoms with E-state index in [2.05, 4.69) is 23.7 Å². The van der Waals surface area contributed by atoms with Gasteiger partial charge in [-0.25, -0.2) is 4.39 Å². The van der Waals surface area contributed by atoms with Gasteiger partial charge in [-0.3, -0.25) is 9.59 Å². The van der Waals surface area contributed by atoms with Crippen LogP contribution in [0.2, 0.25) is 0 Å². The van der Waals surface area contributed by atoms with Crippen molar-refractivity contribution in [2.24, 2.45) is 0 Å². The first kappa shape index (κ1) is 33.1. The van der Waals surface area contributed by atoms with Crippen molar-refractivity contribution in [1.29, 1.82) is 0 Å². The topological polar surface area (TPSA) is 78.8 Å². The number of amides is 1. The molecule has 1 aliphatic heterocycles. The van der Waals surface area contributed by atoms with Gasteiger partial charge >= 0.3 is 5.97 Å². The number of hydrogen-bond acceptors (Lipinski definition) is 5. The number of nitrogens with one attached hydrogen (secondary N) is 1. The second-order valence-corrected chi connectivity index (χ2v) is 12.4. The van der Waals surface area contributed by atoms with Gasteiger partial charge in [0, 0.05) is 29.9 Å². The van der Waals surface area contributed by atoms with Crippen LogP contribution in [0.5, 0.6) is 0 Å². The smallest absolute Gasteiger partial charge is 0.308 e. The van der Waals surface area contributed by atoms with Gasteiger partial charge in [0.2, 0.25) is 0 Å². The molecule has 242 valence electrons. The molecule has 0 saturated carbocycles. The molecule has 1 saturated heterocycles. The molecule has 2 atom stereocenters. The van der Waals surface area contributed by atoms with E-state index in [1.54, 1.807) is 19.1 Å². The third kappa shape index (κ3) is 7.74. The van der Waals surface area contributed by atoms with E-state index in [1.807, 2.05) is 74.5 Å². The number of rotatable bonds is 11. The summed E-state index contributed by atoms with van der Waals surface area (Å²) in [5, 5.41) is 3.12. The zero-order valence-corrected chi connectivity index (χ0v) is 27.2. The Morgan fingerprint density at radius 1 is 0.935 bits per heavy atom. The summed E-state index contributed by atoms with van der Waals surface area (Å²) < 4.78 is 34.1. The Bertz CT molecular complexity index is 1630. The summed E-state index contributed by atoms with van der Waals surface area (Å²) in [7, 11) is 0. The Labute approximate surface area is 270 Å². The number of halogens is 1. The van der Waals surface area contributed by atoms with Crippen molar-refractivity contribution >= 4 is 17.6 Å². The van der Waals surface area contributed by atoms with Crippen molar-refractivity contribution in [1.82, 2.24) is 4.57 Å². The predicted octanol–water partition coefficient (Wildman–Crippen LogP) is 8.59. The lowest BCUT2D eigenvalue weighted by Gasteiger charge is -2.40. The Kier molecular flexibility index (Phi) is 10.4. The highest BCUT2D eigenvalue weighted by molar-refractivity contribution is 6.12. The molecule has 46 heavy (non-hydrogen) atoms. The number of nitrogens with zero attached hydrogens (tertiary/aromatic N) is 1. The van der Waals surface area contributed by atoms with Gasteiger partial charge < -0.3 is 24.1 Å². The van der Waals surface area contributed by atoms with Crippen LogP contribution in [0.3, 0.4) is 0 Å².